The van der Waals surface area contributed by atoms with Gasteiger partial charge in [0.1, 0.15) is 5.82 Å². The van der Waals surface area contributed by atoms with Crippen LogP contribution in [0, 0.1) is 5.82 Å². The maximum atomic E-state index is 13.2. The van der Waals surface area contributed by atoms with Gasteiger partial charge in [-0.15, -0.1) is 0 Å². The summed E-state index contributed by atoms with van der Waals surface area (Å²) in [6.07, 6.45) is 1.67. The zero-order valence-corrected chi connectivity index (χ0v) is 10.3. The van der Waals surface area contributed by atoms with Crippen molar-refractivity contribution in [2.24, 2.45) is 12.8 Å². The van der Waals surface area contributed by atoms with Crippen LogP contribution in [0.4, 0.5) is 4.39 Å². The number of benzene rings is 1. The molecule has 2 aromatic rings. The van der Waals surface area contributed by atoms with Crippen molar-refractivity contribution < 1.29 is 4.39 Å². The van der Waals surface area contributed by atoms with Gasteiger partial charge in [-0.25, -0.2) is 4.39 Å². The summed E-state index contributed by atoms with van der Waals surface area (Å²) in [6.45, 7) is 0. The molecule has 1 aromatic carbocycles. The van der Waals surface area contributed by atoms with Crippen molar-refractivity contribution in [2.45, 2.75) is 6.04 Å². The Bertz CT molecular complexity index is 510. The van der Waals surface area contributed by atoms with E-state index < -0.39 is 6.04 Å². The van der Waals surface area contributed by atoms with E-state index in [1.54, 1.807) is 16.9 Å². The second-order valence-corrected chi connectivity index (χ2v) is 4.38. The molecular formula is C11H11BrFN3. The van der Waals surface area contributed by atoms with Gasteiger partial charge in [0.2, 0.25) is 0 Å². The fourth-order valence-electron chi connectivity index (χ4n) is 1.60. The number of halogens is 2. The Kier molecular flexibility index (Phi) is 3.07. The molecule has 1 unspecified atom stereocenters. The predicted octanol–water partition coefficient (Wildman–Crippen LogP) is 2.37. The average molecular weight is 284 g/mol. The summed E-state index contributed by atoms with van der Waals surface area (Å²) < 4.78 is 15.6. The molecule has 0 bridgehead atoms. The maximum Gasteiger partial charge on any atom is 0.123 e. The molecule has 16 heavy (non-hydrogen) atoms. The molecule has 0 spiro atoms. The molecular weight excluding hydrogens is 273 g/mol. The highest BCUT2D eigenvalue weighted by Gasteiger charge is 2.15. The van der Waals surface area contributed by atoms with E-state index in [0.717, 1.165) is 10.2 Å². The number of nitrogens with zero attached hydrogens (tertiary/aromatic N) is 2. The van der Waals surface area contributed by atoms with Gasteiger partial charge in [0, 0.05) is 17.7 Å². The molecule has 5 heteroatoms. The molecule has 0 radical (unpaired) electrons. The summed E-state index contributed by atoms with van der Waals surface area (Å²) in [7, 11) is 1.81. The minimum absolute atomic E-state index is 0.296. The summed E-state index contributed by atoms with van der Waals surface area (Å²) in [6, 6.07) is 5.91. The lowest BCUT2D eigenvalue weighted by Gasteiger charge is -2.14. The van der Waals surface area contributed by atoms with E-state index in [2.05, 4.69) is 21.0 Å². The van der Waals surface area contributed by atoms with Crippen LogP contribution < -0.4 is 5.73 Å². The SMILES string of the molecule is Cn1nccc1C(N)c1cc(F)ccc1Br. The second kappa shape index (κ2) is 4.35. The summed E-state index contributed by atoms with van der Waals surface area (Å²) in [5.74, 6) is -0.296. The van der Waals surface area contributed by atoms with E-state index >= 15 is 0 Å². The molecule has 0 saturated carbocycles. The molecule has 2 rings (SSSR count). The highest BCUT2D eigenvalue weighted by atomic mass is 79.9. The van der Waals surface area contributed by atoms with Crippen LogP contribution in [0.15, 0.2) is 34.9 Å². The zero-order chi connectivity index (χ0) is 11.7. The number of hydrogen-bond acceptors (Lipinski definition) is 2. The van der Waals surface area contributed by atoms with Crippen molar-refractivity contribution in [3.63, 3.8) is 0 Å². The first-order valence-corrected chi connectivity index (χ1v) is 5.57. The third-order valence-electron chi connectivity index (χ3n) is 2.47. The molecule has 0 aliphatic heterocycles. The highest BCUT2D eigenvalue weighted by molar-refractivity contribution is 9.10. The second-order valence-electron chi connectivity index (χ2n) is 3.52. The highest BCUT2D eigenvalue weighted by Crippen LogP contribution is 2.27. The summed E-state index contributed by atoms with van der Waals surface area (Å²) >= 11 is 3.36. The van der Waals surface area contributed by atoms with Gasteiger partial charge in [0.25, 0.3) is 0 Å². The molecule has 0 aliphatic rings. The fourth-order valence-corrected chi connectivity index (χ4v) is 2.09. The van der Waals surface area contributed by atoms with Crippen molar-refractivity contribution in [2.75, 3.05) is 0 Å². The third-order valence-corrected chi connectivity index (χ3v) is 3.19. The number of hydrogen-bond donors (Lipinski definition) is 1. The van der Waals surface area contributed by atoms with Gasteiger partial charge >= 0.3 is 0 Å². The summed E-state index contributed by atoms with van der Waals surface area (Å²) in [4.78, 5) is 0. The molecule has 1 atom stereocenters. The van der Waals surface area contributed by atoms with E-state index in [1.807, 2.05) is 13.1 Å². The average Bonchev–Trinajstić information content (AvgIpc) is 2.67. The minimum atomic E-state index is -0.391. The van der Waals surface area contributed by atoms with Crippen LogP contribution in [-0.2, 0) is 7.05 Å². The lowest BCUT2D eigenvalue weighted by Crippen LogP contribution is -2.16. The van der Waals surface area contributed by atoms with Gasteiger partial charge in [-0.1, -0.05) is 15.9 Å². The van der Waals surface area contributed by atoms with E-state index in [-0.39, 0.29) is 5.82 Å². The van der Waals surface area contributed by atoms with E-state index in [9.17, 15) is 4.39 Å². The number of nitrogens with two attached hydrogens (primary N) is 1. The Morgan fingerprint density at radius 1 is 1.44 bits per heavy atom. The Balaban J connectivity index is 2.45. The normalized spacial score (nSPS) is 12.8. The van der Waals surface area contributed by atoms with Gasteiger partial charge in [0.15, 0.2) is 0 Å². The molecule has 2 N–H and O–H groups in total. The zero-order valence-electron chi connectivity index (χ0n) is 8.69. The van der Waals surface area contributed by atoms with Crippen LogP contribution >= 0.6 is 15.9 Å². The van der Waals surface area contributed by atoms with Gasteiger partial charge in [0.05, 0.1) is 11.7 Å². The van der Waals surface area contributed by atoms with Crippen molar-refractivity contribution in [3.05, 3.63) is 52.0 Å². The predicted molar refractivity (Wildman–Crippen MR) is 63.3 cm³/mol. The molecule has 0 fully saturated rings. The Morgan fingerprint density at radius 2 is 2.19 bits per heavy atom. The van der Waals surface area contributed by atoms with Crippen molar-refractivity contribution in [3.8, 4) is 0 Å². The van der Waals surface area contributed by atoms with Crippen LogP contribution in [0.1, 0.15) is 17.3 Å². The molecule has 1 aromatic heterocycles. The first kappa shape index (κ1) is 11.3. The third kappa shape index (κ3) is 2.01. The van der Waals surface area contributed by atoms with Gasteiger partial charge in [-0.05, 0) is 29.8 Å². The largest absolute Gasteiger partial charge is 0.319 e. The van der Waals surface area contributed by atoms with E-state index in [0.29, 0.717) is 5.56 Å². The van der Waals surface area contributed by atoms with Crippen LogP contribution in [-0.4, -0.2) is 9.78 Å². The maximum absolute atomic E-state index is 13.2. The van der Waals surface area contributed by atoms with Gasteiger partial charge < -0.3 is 5.73 Å². The number of aromatic nitrogens is 2. The van der Waals surface area contributed by atoms with Crippen molar-refractivity contribution in [1.82, 2.24) is 9.78 Å². The Morgan fingerprint density at radius 3 is 2.81 bits per heavy atom. The van der Waals surface area contributed by atoms with Crippen molar-refractivity contribution >= 4 is 15.9 Å². The lowest BCUT2D eigenvalue weighted by molar-refractivity contribution is 0.618. The molecule has 0 amide bonds. The van der Waals surface area contributed by atoms with Crippen LogP contribution in [0.3, 0.4) is 0 Å². The first-order valence-electron chi connectivity index (χ1n) is 4.78. The van der Waals surface area contributed by atoms with Crippen molar-refractivity contribution in [1.29, 1.82) is 0 Å². The monoisotopic (exact) mass is 283 g/mol. The van der Waals surface area contributed by atoms with Gasteiger partial charge in [-0.2, -0.15) is 5.10 Å². The quantitative estimate of drug-likeness (QED) is 0.920. The summed E-state index contributed by atoms with van der Waals surface area (Å²) in [5.41, 5.74) is 7.62. The topological polar surface area (TPSA) is 43.8 Å². The smallest absolute Gasteiger partial charge is 0.123 e. The summed E-state index contributed by atoms with van der Waals surface area (Å²) in [5, 5.41) is 4.04. The van der Waals surface area contributed by atoms with E-state index in [1.165, 1.54) is 12.1 Å². The van der Waals surface area contributed by atoms with Crippen LogP contribution in [0.5, 0.6) is 0 Å². The molecule has 0 saturated heterocycles. The van der Waals surface area contributed by atoms with Crippen LogP contribution in [0.25, 0.3) is 0 Å². The molecule has 0 aliphatic carbocycles. The van der Waals surface area contributed by atoms with E-state index in [4.69, 9.17) is 5.73 Å². The van der Waals surface area contributed by atoms with Gasteiger partial charge in [-0.3, -0.25) is 4.68 Å². The fraction of sp³-hybridized carbons (Fsp3) is 0.182. The number of rotatable bonds is 2. The lowest BCUT2D eigenvalue weighted by atomic mass is 10.0. The Labute approximate surface area is 101 Å². The molecule has 84 valence electrons. The standard InChI is InChI=1S/C11H11BrFN3/c1-16-10(4-5-15-16)11(14)8-6-7(13)2-3-9(8)12/h2-6,11H,14H2,1H3. The van der Waals surface area contributed by atoms with Crippen LogP contribution in [0.2, 0.25) is 0 Å². The first-order chi connectivity index (χ1) is 7.59. The Hall–Kier alpha value is -1.20. The number of aryl methyl sites for hydroxylation is 1. The minimum Gasteiger partial charge on any atom is -0.319 e. The molecule has 3 nitrogen and oxygen atoms in total. The molecule has 1 heterocycles.